The molecule has 0 aromatic heterocycles. The average Bonchev–Trinajstić information content (AvgIpc) is 3.33. The van der Waals surface area contributed by atoms with Crippen molar-refractivity contribution < 1.29 is 19.1 Å². The Morgan fingerprint density at radius 1 is 0.971 bits per heavy atom. The van der Waals surface area contributed by atoms with E-state index in [-0.39, 0.29) is 40.6 Å². The van der Waals surface area contributed by atoms with Crippen LogP contribution < -0.4 is 16.0 Å². The fourth-order valence-corrected chi connectivity index (χ4v) is 7.48. The minimum Gasteiger partial charge on any atom is -0.444 e. The lowest BCUT2D eigenvalue weighted by atomic mass is 9.85. The van der Waals surface area contributed by atoms with Crippen LogP contribution in [0.25, 0.3) is 0 Å². The number of fused-ring (bicyclic) bond motifs is 2. The SMILES string of the molecule is CC(C)(C)OC(=O)N1CC(C(=O)NC2NC3CCN(C(=O)C4CC5CCCCC5N4)CC3S2)C1. The van der Waals surface area contributed by atoms with E-state index in [0.29, 0.717) is 31.1 Å². The normalized spacial score (nSPS) is 35.9. The second kappa shape index (κ2) is 9.50. The summed E-state index contributed by atoms with van der Waals surface area (Å²) in [6.45, 7) is 7.80. The Hall–Kier alpha value is -1.52. The van der Waals surface area contributed by atoms with Crippen molar-refractivity contribution in [3.63, 3.8) is 0 Å². The maximum atomic E-state index is 13.2. The lowest BCUT2D eigenvalue weighted by Crippen LogP contribution is -2.58. The number of carbonyl (C=O) groups is 3. The third kappa shape index (κ3) is 5.18. The first-order chi connectivity index (χ1) is 16.2. The summed E-state index contributed by atoms with van der Waals surface area (Å²) in [6, 6.07) is 0.810. The summed E-state index contributed by atoms with van der Waals surface area (Å²) in [6.07, 6.45) is 6.56. The molecule has 6 atom stereocenters. The van der Waals surface area contributed by atoms with Crippen LogP contribution in [0.15, 0.2) is 0 Å². The fraction of sp³-hybridized carbons (Fsp3) is 0.875. The van der Waals surface area contributed by atoms with E-state index in [0.717, 1.165) is 25.9 Å². The summed E-state index contributed by atoms with van der Waals surface area (Å²) in [5.74, 6) is 0.694. The number of rotatable bonds is 3. The molecule has 0 aromatic rings. The fourth-order valence-electron chi connectivity index (χ4n) is 6.03. The van der Waals surface area contributed by atoms with Crippen LogP contribution in [-0.4, -0.2) is 88.4 Å². The third-order valence-corrected chi connectivity index (χ3v) is 9.24. The van der Waals surface area contributed by atoms with E-state index in [2.05, 4.69) is 16.0 Å². The second-order valence-electron chi connectivity index (χ2n) is 11.6. The van der Waals surface area contributed by atoms with Crippen LogP contribution in [0, 0.1) is 11.8 Å². The molecule has 5 rings (SSSR count). The van der Waals surface area contributed by atoms with Gasteiger partial charge in [0.25, 0.3) is 0 Å². The highest BCUT2D eigenvalue weighted by Gasteiger charge is 2.45. The van der Waals surface area contributed by atoms with Gasteiger partial charge in [0, 0.05) is 43.5 Å². The highest BCUT2D eigenvalue weighted by molar-refractivity contribution is 8.00. The van der Waals surface area contributed by atoms with Crippen molar-refractivity contribution in [2.24, 2.45) is 11.8 Å². The molecule has 9 nitrogen and oxygen atoms in total. The number of nitrogens with zero attached hydrogens (tertiary/aromatic N) is 2. The smallest absolute Gasteiger partial charge is 0.410 e. The summed E-state index contributed by atoms with van der Waals surface area (Å²) in [7, 11) is 0. The number of carbonyl (C=O) groups excluding carboxylic acids is 3. The first-order valence-electron chi connectivity index (χ1n) is 12.9. The highest BCUT2D eigenvalue weighted by atomic mass is 32.2. The van der Waals surface area contributed by atoms with Crippen LogP contribution in [-0.2, 0) is 14.3 Å². The quantitative estimate of drug-likeness (QED) is 0.547. The van der Waals surface area contributed by atoms with Crippen LogP contribution in [0.3, 0.4) is 0 Å². The van der Waals surface area contributed by atoms with Crippen molar-refractivity contribution in [1.82, 2.24) is 25.8 Å². The molecule has 0 spiro atoms. The molecule has 190 valence electrons. The Labute approximate surface area is 206 Å². The molecule has 3 amide bonds. The van der Waals surface area contributed by atoms with E-state index in [1.165, 1.54) is 25.7 Å². The maximum absolute atomic E-state index is 13.2. The van der Waals surface area contributed by atoms with Gasteiger partial charge >= 0.3 is 6.09 Å². The number of nitrogens with one attached hydrogen (secondary N) is 3. The van der Waals surface area contributed by atoms with Gasteiger partial charge in [-0.2, -0.15) is 0 Å². The molecule has 0 bridgehead atoms. The Morgan fingerprint density at radius 3 is 2.47 bits per heavy atom. The molecule has 34 heavy (non-hydrogen) atoms. The van der Waals surface area contributed by atoms with Crippen LogP contribution >= 0.6 is 11.8 Å². The van der Waals surface area contributed by atoms with Crippen molar-refractivity contribution in [1.29, 1.82) is 0 Å². The lowest BCUT2D eigenvalue weighted by Gasteiger charge is -2.39. The van der Waals surface area contributed by atoms with Gasteiger partial charge in [0.1, 0.15) is 11.1 Å². The largest absolute Gasteiger partial charge is 0.444 e. The molecule has 4 saturated heterocycles. The molecule has 0 aromatic carbocycles. The molecule has 4 aliphatic heterocycles. The van der Waals surface area contributed by atoms with E-state index in [4.69, 9.17) is 4.74 Å². The molecule has 5 fully saturated rings. The van der Waals surface area contributed by atoms with Gasteiger partial charge in [-0.25, -0.2) is 4.79 Å². The Morgan fingerprint density at radius 2 is 1.74 bits per heavy atom. The monoisotopic (exact) mass is 493 g/mol. The molecule has 0 radical (unpaired) electrons. The second-order valence-corrected chi connectivity index (χ2v) is 12.9. The summed E-state index contributed by atoms with van der Waals surface area (Å²) < 4.78 is 5.36. The molecule has 1 aliphatic carbocycles. The molecule has 6 unspecified atom stereocenters. The molecule has 3 N–H and O–H groups in total. The van der Waals surface area contributed by atoms with Gasteiger partial charge in [0.05, 0.1) is 12.0 Å². The molecule has 10 heteroatoms. The van der Waals surface area contributed by atoms with Gasteiger partial charge in [0.15, 0.2) is 0 Å². The first-order valence-corrected chi connectivity index (χ1v) is 13.9. The van der Waals surface area contributed by atoms with E-state index in [9.17, 15) is 14.4 Å². The van der Waals surface area contributed by atoms with Crippen molar-refractivity contribution in [3.8, 4) is 0 Å². The Kier molecular flexibility index (Phi) is 6.76. The van der Waals surface area contributed by atoms with E-state index < -0.39 is 5.60 Å². The highest BCUT2D eigenvalue weighted by Crippen LogP contribution is 2.36. The number of amides is 3. The molecular formula is C24H39N5O4S. The van der Waals surface area contributed by atoms with Gasteiger partial charge in [-0.05, 0) is 52.4 Å². The maximum Gasteiger partial charge on any atom is 0.410 e. The van der Waals surface area contributed by atoms with Gasteiger partial charge in [0.2, 0.25) is 11.8 Å². The van der Waals surface area contributed by atoms with Gasteiger partial charge < -0.3 is 25.2 Å². The number of thioether (sulfide) groups is 1. The number of likely N-dealkylation sites (tertiary alicyclic amines) is 2. The van der Waals surface area contributed by atoms with Crippen molar-refractivity contribution in [2.45, 2.75) is 93.8 Å². The number of ether oxygens (including phenoxy) is 1. The lowest BCUT2D eigenvalue weighted by molar-refractivity contribution is -0.134. The van der Waals surface area contributed by atoms with E-state index in [1.54, 1.807) is 16.7 Å². The molecule has 4 heterocycles. The first kappa shape index (κ1) is 24.2. The standard InChI is InChI=1S/C24H39N5O4S/c1-24(2,3)33-23(32)29-11-15(12-29)20(30)27-22-26-17-8-9-28(13-19(17)34-22)21(31)18-10-14-6-4-5-7-16(14)25-18/h14-19,22,25-26H,4-13H2,1-3H3,(H,27,30). The average molecular weight is 494 g/mol. The van der Waals surface area contributed by atoms with Crippen LogP contribution in [0.5, 0.6) is 0 Å². The topological polar surface area (TPSA) is 103 Å². The van der Waals surface area contributed by atoms with Crippen LogP contribution in [0.4, 0.5) is 4.79 Å². The van der Waals surface area contributed by atoms with Gasteiger partial charge in [-0.3, -0.25) is 14.9 Å². The molecular weight excluding hydrogens is 454 g/mol. The number of piperidine rings is 1. The van der Waals surface area contributed by atoms with Crippen molar-refractivity contribution >= 4 is 29.7 Å². The molecule has 5 aliphatic rings. The zero-order chi connectivity index (χ0) is 24.0. The minimum absolute atomic E-state index is 0.0222. The zero-order valence-corrected chi connectivity index (χ0v) is 21.4. The molecule has 1 saturated carbocycles. The summed E-state index contributed by atoms with van der Waals surface area (Å²) in [5, 5.41) is 10.5. The zero-order valence-electron chi connectivity index (χ0n) is 20.5. The van der Waals surface area contributed by atoms with Crippen molar-refractivity contribution in [2.75, 3.05) is 26.2 Å². The van der Waals surface area contributed by atoms with Crippen LogP contribution in [0.1, 0.15) is 59.3 Å². The van der Waals surface area contributed by atoms with Gasteiger partial charge in [-0.15, -0.1) is 11.8 Å². The Bertz CT molecular complexity index is 800. The summed E-state index contributed by atoms with van der Waals surface area (Å²) in [4.78, 5) is 41.6. The van der Waals surface area contributed by atoms with Gasteiger partial charge in [-0.1, -0.05) is 12.8 Å². The number of hydrogen-bond acceptors (Lipinski definition) is 7. The van der Waals surface area contributed by atoms with Crippen LogP contribution in [0.2, 0.25) is 0 Å². The predicted octanol–water partition coefficient (Wildman–Crippen LogP) is 1.48. The predicted molar refractivity (Wildman–Crippen MR) is 130 cm³/mol. The third-order valence-electron chi connectivity index (χ3n) is 7.89. The van der Waals surface area contributed by atoms with E-state index >= 15 is 0 Å². The number of hydrogen-bond donors (Lipinski definition) is 3. The van der Waals surface area contributed by atoms with Crippen molar-refractivity contribution in [3.05, 3.63) is 0 Å². The summed E-state index contributed by atoms with van der Waals surface area (Å²) in [5.41, 5.74) is -0.688. The Balaban J connectivity index is 1.06. The minimum atomic E-state index is -0.535. The summed E-state index contributed by atoms with van der Waals surface area (Å²) >= 11 is 1.71. The van der Waals surface area contributed by atoms with E-state index in [1.807, 2.05) is 25.7 Å².